The molecular weight excluding hydrogens is 130 g/mol. The number of hydrogen-bond donors (Lipinski definition) is 2. The topological polar surface area (TPSA) is 49.3 Å². The minimum absolute atomic E-state index is 0.129. The highest BCUT2D eigenvalue weighted by atomic mass is 16.3. The summed E-state index contributed by atoms with van der Waals surface area (Å²) in [7, 11) is 0. The molecule has 0 aromatic heterocycles. The van der Waals surface area contributed by atoms with Crippen LogP contribution < -0.4 is 5.32 Å². The summed E-state index contributed by atoms with van der Waals surface area (Å²) in [5.41, 5.74) is 0. The predicted molar refractivity (Wildman–Crippen MR) is 37.4 cm³/mol. The monoisotopic (exact) mass is 143 g/mol. The lowest BCUT2D eigenvalue weighted by molar-refractivity contribution is -0.123. The van der Waals surface area contributed by atoms with Crippen LogP contribution in [0.15, 0.2) is 0 Å². The van der Waals surface area contributed by atoms with Crippen molar-refractivity contribution in [1.29, 1.82) is 0 Å². The smallest absolute Gasteiger partial charge is 0.220 e. The largest absolute Gasteiger partial charge is 0.396 e. The van der Waals surface area contributed by atoms with Crippen molar-refractivity contribution in [3.8, 4) is 0 Å². The van der Waals surface area contributed by atoms with Gasteiger partial charge in [0.15, 0.2) is 0 Å². The van der Waals surface area contributed by atoms with Gasteiger partial charge in [0.1, 0.15) is 0 Å². The lowest BCUT2D eigenvalue weighted by atomic mass is 9.95. The van der Waals surface area contributed by atoms with Crippen LogP contribution in [0.25, 0.3) is 0 Å². The number of aliphatic hydroxyl groups is 1. The molecule has 3 nitrogen and oxygen atoms in total. The highest BCUT2D eigenvalue weighted by Crippen LogP contribution is 2.15. The maximum absolute atomic E-state index is 10.8. The van der Waals surface area contributed by atoms with Crippen LogP contribution in [-0.2, 0) is 4.79 Å². The minimum Gasteiger partial charge on any atom is -0.396 e. The quantitative estimate of drug-likeness (QED) is 0.567. The Hall–Kier alpha value is -0.570. The Kier molecular flexibility index (Phi) is 2.68. The number of aliphatic hydroxyl groups excluding tert-OH is 1. The van der Waals surface area contributed by atoms with E-state index in [9.17, 15) is 4.79 Å². The summed E-state index contributed by atoms with van der Waals surface area (Å²) in [5.74, 6) is 0.545. The molecule has 2 N–H and O–H groups in total. The molecule has 0 aromatic carbocycles. The average Bonchev–Trinajstić information content (AvgIpc) is 1.88. The molecule has 1 aliphatic heterocycles. The second-order valence-corrected chi connectivity index (χ2v) is 2.72. The van der Waals surface area contributed by atoms with E-state index in [1.807, 2.05) is 0 Å². The van der Waals surface area contributed by atoms with Crippen LogP contribution in [-0.4, -0.2) is 24.2 Å². The molecule has 0 bridgehead atoms. The van der Waals surface area contributed by atoms with Gasteiger partial charge in [-0.2, -0.15) is 0 Å². The summed E-state index contributed by atoms with van der Waals surface area (Å²) >= 11 is 0. The zero-order chi connectivity index (χ0) is 7.40. The van der Waals surface area contributed by atoms with Crippen LogP contribution in [0.2, 0.25) is 0 Å². The van der Waals surface area contributed by atoms with Gasteiger partial charge in [0.25, 0.3) is 0 Å². The molecule has 1 heterocycles. The Morgan fingerprint density at radius 3 is 3.10 bits per heavy atom. The Morgan fingerprint density at radius 2 is 2.50 bits per heavy atom. The summed E-state index contributed by atoms with van der Waals surface area (Å²) in [5, 5.41) is 11.3. The molecule has 1 saturated heterocycles. The molecule has 1 atom stereocenters. The van der Waals surface area contributed by atoms with Crippen molar-refractivity contribution in [3.05, 3.63) is 0 Å². The van der Waals surface area contributed by atoms with E-state index in [4.69, 9.17) is 5.11 Å². The van der Waals surface area contributed by atoms with E-state index >= 15 is 0 Å². The molecule has 0 saturated carbocycles. The van der Waals surface area contributed by atoms with Crippen LogP contribution in [0.3, 0.4) is 0 Å². The fourth-order valence-corrected chi connectivity index (χ4v) is 1.28. The van der Waals surface area contributed by atoms with Crippen LogP contribution in [0, 0.1) is 5.92 Å². The Morgan fingerprint density at radius 1 is 1.70 bits per heavy atom. The summed E-state index contributed by atoms with van der Waals surface area (Å²) in [4.78, 5) is 10.8. The standard InChI is InChI=1S/C7H13NO2/c9-4-2-6-1-3-8-7(10)5-6/h6,9H,1-5H2,(H,8,10). The molecule has 1 unspecified atom stereocenters. The first kappa shape index (κ1) is 7.54. The summed E-state index contributed by atoms with van der Waals surface area (Å²) in [6, 6.07) is 0. The molecule has 58 valence electrons. The van der Waals surface area contributed by atoms with Gasteiger partial charge in [-0.3, -0.25) is 4.79 Å². The molecule has 10 heavy (non-hydrogen) atoms. The maximum Gasteiger partial charge on any atom is 0.220 e. The number of amides is 1. The first-order valence-corrected chi connectivity index (χ1v) is 3.70. The number of carbonyl (C=O) groups excluding carboxylic acids is 1. The summed E-state index contributed by atoms with van der Waals surface area (Å²) < 4.78 is 0. The maximum atomic E-state index is 10.8. The second-order valence-electron chi connectivity index (χ2n) is 2.72. The van der Waals surface area contributed by atoms with Gasteiger partial charge in [-0.1, -0.05) is 0 Å². The first-order valence-electron chi connectivity index (χ1n) is 3.70. The van der Waals surface area contributed by atoms with E-state index in [0.717, 1.165) is 19.4 Å². The highest BCUT2D eigenvalue weighted by molar-refractivity contribution is 5.76. The fraction of sp³-hybridized carbons (Fsp3) is 0.857. The number of nitrogens with one attached hydrogen (secondary N) is 1. The van der Waals surface area contributed by atoms with Gasteiger partial charge in [-0.25, -0.2) is 0 Å². The zero-order valence-electron chi connectivity index (χ0n) is 5.97. The number of hydrogen-bond acceptors (Lipinski definition) is 2. The zero-order valence-corrected chi connectivity index (χ0v) is 5.97. The van der Waals surface area contributed by atoms with Crippen LogP contribution in [0.1, 0.15) is 19.3 Å². The Bertz CT molecular complexity index is 123. The van der Waals surface area contributed by atoms with Gasteiger partial charge < -0.3 is 10.4 Å². The summed E-state index contributed by atoms with van der Waals surface area (Å²) in [6.07, 6.45) is 2.39. The molecule has 0 aromatic rings. The number of rotatable bonds is 2. The van der Waals surface area contributed by atoms with Crippen molar-refractivity contribution in [2.24, 2.45) is 5.92 Å². The SMILES string of the molecule is O=C1CC(CCO)CCN1. The number of carbonyl (C=O) groups is 1. The molecule has 1 fully saturated rings. The van der Waals surface area contributed by atoms with Gasteiger partial charge in [-0.05, 0) is 18.8 Å². The molecule has 0 spiro atoms. The highest BCUT2D eigenvalue weighted by Gasteiger charge is 2.17. The van der Waals surface area contributed by atoms with Gasteiger partial charge in [0.05, 0.1) is 0 Å². The lowest BCUT2D eigenvalue weighted by Gasteiger charge is -2.20. The van der Waals surface area contributed by atoms with E-state index in [-0.39, 0.29) is 12.5 Å². The van der Waals surface area contributed by atoms with Gasteiger partial charge in [-0.15, -0.1) is 0 Å². The summed E-state index contributed by atoms with van der Waals surface area (Å²) in [6.45, 7) is 0.988. The van der Waals surface area contributed by atoms with E-state index in [1.54, 1.807) is 0 Å². The first-order chi connectivity index (χ1) is 4.83. The Balaban J connectivity index is 2.25. The fourth-order valence-electron chi connectivity index (χ4n) is 1.28. The molecule has 1 amide bonds. The molecule has 1 aliphatic rings. The second kappa shape index (κ2) is 3.56. The van der Waals surface area contributed by atoms with E-state index in [2.05, 4.69) is 5.32 Å². The van der Waals surface area contributed by atoms with Crippen molar-refractivity contribution in [2.45, 2.75) is 19.3 Å². The average molecular weight is 143 g/mol. The van der Waals surface area contributed by atoms with Gasteiger partial charge >= 0.3 is 0 Å². The minimum atomic E-state index is 0.129. The molecule has 0 radical (unpaired) electrons. The van der Waals surface area contributed by atoms with Crippen molar-refractivity contribution in [1.82, 2.24) is 5.32 Å². The van der Waals surface area contributed by atoms with Crippen molar-refractivity contribution < 1.29 is 9.90 Å². The van der Waals surface area contributed by atoms with Gasteiger partial charge in [0, 0.05) is 19.6 Å². The lowest BCUT2D eigenvalue weighted by Crippen LogP contribution is -2.33. The van der Waals surface area contributed by atoms with Crippen LogP contribution in [0.4, 0.5) is 0 Å². The number of piperidine rings is 1. The molecule has 3 heteroatoms. The van der Waals surface area contributed by atoms with E-state index in [1.165, 1.54) is 0 Å². The van der Waals surface area contributed by atoms with Gasteiger partial charge in [0.2, 0.25) is 5.91 Å². The third-order valence-corrected chi connectivity index (χ3v) is 1.89. The molecule has 1 rings (SSSR count). The third-order valence-electron chi connectivity index (χ3n) is 1.89. The normalized spacial score (nSPS) is 26.1. The predicted octanol–water partition coefficient (Wildman–Crippen LogP) is -0.105. The van der Waals surface area contributed by atoms with E-state index < -0.39 is 0 Å². The van der Waals surface area contributed by atoms with Crippen LogP contribution in [0.5, 0.6) is 0 Å². The van der Waals surface area contributed by atoms with E-state index in [0.29, 0.717) is 12.3 Å². The van der Waals surface area contributed by atoms with Crippen molar-refractivity contribution in [2.75, 3.05) is 13.2 Å². The molecular formula is C7H13NO2. The van der Waals surface area contributed by atoms with Crippen molar-refractivity contribution >= 4 is 5.91 Å². The van der Waals surface area contributed by atoms with Crippen molar-refractivity contribution in [3.63, 3.8) is 0 Å². The molecule has 0 aliphatic carbocycles. The van der Waals surface area contributed by atoms with Crippen LogP contribution >= 0.6 is 0 Å². The Labute approximate surface area is 60.4 Å². The third kappa shape index (κ3) is 1.99.